The number of aryl methyl sites for hydroxylation is 2. The van der Waals surface area contributed by atoms with Gasteiger partial charge in [-0.1, -0.05) is 59.6 Å². The summed E-state index contributed by atoms with van der Waals surface area (Å²) in [6, 6.07) is 18.2. The topological polar surface area (TPSA) is 113 Å². The van der Waals surface area contributed by atoms with Gasteiger partial charge in [0.25, 0.3) is 0 Å². The van der Waals surface area contributed by atoms with Gasteiger partial charge in [0.15, 0.2) is 0 Å². The van der Waals surface area contributed by atoms with Crippen LogP contribution in [0.2, 0.25) is 10.0 Å². The molecule has 2 N–H and O–H groups in total. The van der Waals surface area contributed by atoms with E-state index in [1.165, 1.54) is 29.3 Å². The van der Waals surface area contributed by atoms with Gasteiger partial charge < -0.3 is 15.2 Å². The molecule has 0 spiro atoms. The number of hydrogen-bond acceptors (Lipinski definition) is 5. The van der Waals surface area contributed by atoms with Gasteiger partial charge in [-0.15, -0.1) is 0 Å². The fourth-order valence-corrected chi connectivity index (χ4v) is 6.85. The van der Waals surface area contributed by atoms with Gasteiger partial charge in [0, 0.05) is 17.6 Å². The van der Waals surface area contributed by atoms with Crippen LogP contribution in [-0.2, 0) is 38.9 Å². The number of aliphatic carboxylic acids is 1. The molecule has 0 bridgehead atoms. The van der Waals surface area contributed by atoms with Gasteiger partial charge in [0.05, 0.1) is 18.0 Å². The van der Waals surface area contributed by atoms with E-state index in [1.54, 1.807) is 0 Å². The predicted octanol–water partition coefficient (Wildman–Crippen LogP) is 4.75. The molecule has 1 amide bonds. The minimum Gasteiger partial charge on any atom is -0.492 e. The molecule has 0 aliphatic heterocycles. The van der Waals surface area contributed by atoms with Gasteiger partial charge in [-0.25, -0.2) is 8.42 Å². The Morgan fingerprint density at radius 2 is 1.75 bits per heavy atom. The Kier molecular flexibility index (Phi) is 10.1. The number of carboxylic acids is 1. The number of halogens is 2. The summed E-state index contributed by atoms with van der Waals surface area (Å²) < 4.78 is 34.1. The van der Waals surface area contributed by atoms with E-state index < -0.39 is 34.5 Å². The van der Waals surface area contributed by atoms with Crippen LogP contribution in [0.5, 0.6) is 5.75 Å². The summed E-state index contributed by atoms with van der Waals surface area (Å²) >= 11 is 12.2. The molecule has 4 rings (SSSR count). The number of carboxylic acid groups (broad SMARTS) is 1. The smallest absolute Gasteiger partial charge is 0.305 e. The largest absolute Gasteiger partial charge is 0.492 e. The van der Waals surface area contributed by atoms with Crippen LogP contribution >= 0.6 is 23.2 Å². The first-order valence-electron chi connectivity index (χ1n) is 12.9. The van der Waals surface area contributed by atoms with E-state index in [1.807, 2.05) is 48.5 Å². The zero-order valence-electron chi connectivity index (χ0n) is 21.7. The average Bonchev–Trinajstić information content (AvgIpc) is 3.36. The van der Waals surface area contributed by atoms with Crippen LogP contribution in [0.15, 0.2) is 71.6 Å². The first kappa shape index (κ1) is 29.9. The normalized spacial score (nSPS) is 13.6. The quantitative estimate of drug-likeness (QED) is 0.291. The maximum Gasteiger partial charge on any atom is 0.305 e. The summed E-state index contributed by atoms with van der Waals surface area (Å²) in [5.74, 6) is -1.11. The lowest BCUT2D eigenvalue weighted by Crippen LogP contribution is -2.46. The predicted molar refractivity (Wildman–Crippen MR) is 154 cm³/mol. The van der Waals surface area contributed by atoms with Gasteiger partial charge >= 0.3 is 5.97 Å². The lowest BCUT2D eigenvalue weighted by atomic mass is 10.0. The molecule has 0 saturated carbocycles. The van der Waals surface area contributed by atoms with E-state index in [0.29, 0.717) is 5.75 Å². The Morgan fingerprint density at radius 3 is 2.48 bits per heavy atom. The Balaban J connectivity index is 1.50. The first-order valence-corrected chi connectivity index (χ1v) is 15.1. The Bertz CT molecular complexity index is 1470. The second-order valence-corrected chi connectivity index (χ2v) is 12.3. The Hall–Kier alpha value is -3.11. The van der Waals surface area contributed by atoms with Crippen molar-refractivity contribution in [2.75, 3.05) is 19.7 Å². The molecule has 212 valence electrons. The standard InChI is InChI=1S/C29H30Cl2N2O6S/c30-23-10-12-27(26(31)17-23)40(37,38)33(13-14-39-25-11-9-21-7-4-8-22(21)16-25)19-28(34)32-24(18-29(35)36)15-20-5-2-1-3-6-20/h1-3,5-6,9-12,16-17,24H,4,7-8,13-15,18-19H2,(H,32,34)(H,35,36). The molecule has 1 atom stereocenters. The van der Waals surface area contributed by atoms with E-state index in [4.69, 9.17) is 27.9 Å². The third-order valence-electron chi connectivity index (χ3n) is 6.62. The fourth-order valence-electron chi connectivity index (χ4n) is 4.73. The van der Waals surface area contributed by atoms with E-state index in [9.17, 15) is 23.1 Å². The molecule has 8 nitrogen and oxygen atoms in total. The number of nitrogens with zero attached hydrogens (tertiary/aromatic N) is 1. The maximum absolute atomic E-state index is 13.6. The SMILES string of the molecule is O=C(O)CC(Cc1ccccc1)NC(=O)CN(CCOc1ccc2c(c1)CCC2)S(=O)(=O)c1ccc(Cl)cc1Cl. The van der Waals surface area contributed by atoms with Crippen molar-refractivity contribution in [1.82, 2.24) is 9.62 Å². The summed E-state index contributed by atoms with van der Waals surface area (Å²) in [6.07, 6.45) is 3.05. The first-order chi connectivity index (χ1) is 19.1. The number of rotatable bonds is 13. The molecule has 1 aliphatic carbocycles. The lowest BCUT2D eigenvalue weighted by Gasteiger charge is -2.24. The second kappa shape index (κ2) is 13.5. The number of carbonyl (C=O) groups is 2. The van der Waals surface area contributed by atoms with Gasteiger partial charge in [-0.2, -0.15) is 4.31 Å². The van der Waals surface area contributed by atoms with Gasteiger partial charge in [0.1, 0.15) is 17.3 Å². The van der Waals surface area contributed by atoms with E-state index >= 15 is 0 Å². The number of fused-ring (bicyclic) bond motifs is 1. The van der Waals surface area contributed by atoms with Crippen LogP contribution in [0.1, 0.15) is 29.5 Å². The molecule has 0 heterocycles. The maximum atomic E-state index is 13.6. The van der Waals surface area contributed by atoms with Gasteiger partial charge in [-0.3, -0.25) is 9.59 Å². The molecular formula is C29H30Cl2N2O6S. The Labute approximate surface area is 243 Å². The molecule has 3 aromatic carbocycles. The fraction of sp³-hybridized carbons (Fsp3) is 0.310. The molecule has 11 heteroatoms. The molecule has 0 saturated heterocycles. The van der Waals surface area contributed by atoms with Crippen molar-refractivity contribution < 1.29 is 27.9 Å². The highest BCUT2D eigenvalue weighted by Gasteiger charge is 2.30. The van der Waals surface area contributed by atoms with Gasteiger partial charge in [0.2, 0.25) is 15.9 Å². The van der Waals surface area contributed by atoms with E-state index in [-0.39, 0.29) is 40.9 Å². The molecular weight excluding hydrogens is 575 g/mol. The molecule has 1 aliphatic rings. The molecule has 40 heavy (non-hydrogen) atoms. The van der Waals surface area contributed by atoms with Gasteiger partial charge in [-0.05, 0) is 72.7 Å². The van der Waals surface area contributed by atoms with E-state index in [2.05, 4.69) is 5.32 Å². The number of carbonyl (C=O) groups excluding carboxylic acids is 1. The van der Waals surface area contributed by atoms with Crippen LogP contribution in [-0.4, -0.2) is 55.4 Å². The van der Waals surface area contributed by atoms with Crippen molar-refractivity contribution >= 4 is 45.1 Å². The van der Waals surface area contributed by atoms with Crippen LogP contribution in [0.25, 0.3) is 0 Å². The van der Waals surface area contributed by atoms with Crippen molar-refractivity contribution in [3.05, 3.63) is 93.5 Å². The number of sulfonamides is 1. The minimum absolute atomic E-state index is 0.0148. The number of hydrogen-bond donors (Lipinski definition) is 2. The van der Waals surface area contributed by atoms with Crippen LogP contribution in [0.4, 0.5) is 0 Å². The zero-order chi connectivity index (χ0) is 28.7. The third-order valence-corrected chi connectivity index (χ3v) is 9.19. The number of nitrogens with one attached hydrogen (secondary N) is 1. The summed E-state index contributed by atoms with van der Waals surface area (Å²) in [5, 5.41) is 12.3. The minimum atomic E-state index is -4.24. The zero-order valence-corrected chi connectivity index (χ0v) is 24.0. The third kappa shape index (κ3) is 7.97. The number of ether oxygens (including phenoxy) is 1. The van der Waals surface area contributed by atoms with Crippen molar-refractivity contribution in [3.63, 3.8) is 0 Å². The van der Waals surface area contributed by atoms with Crippen LogP contribution in [0.3, 0.4) is 0 Å². The summed E-state index contributed by atoms with van der Waals surface area (Å²) in [5.41, 5.74) is 3.35. The van der Waals surface area contributed by atoms with Crippen LogP contribution < -0.4 is 10.1 Å². The highest BCUT2D eigenvalue weighted by Crippen LogP contribution is 2.28. The molecule has 1 unspecified atom stereocenters. The number of benzene rings is 3. The monoisotopic (exact) mass is 604 g/mol. The second-order valence-electron chi connectivity index (χ2n) is 9.60. The molecule has 0 radical (unpaired) electrons. The average molecular weight is 606 g/mol. The summed E-state index contributed by atoms with van der Waals surface area (Å²) in [6.45, 7) is -0.715. The Morgan fingerprint density at radius 1 is 1.00 bits per heavy atom. The van der Waals surface area contributed by atoms with Crippen molar-refractivity contribution in [2.24, 2.45) is 0 Å². The van der Waals surface area contributed by atoms with Crippen molar-refractivity contribution in [2.45, 2.75) is 43.0 Å². The highest BCUT2D eigenvalue weighted by molar-refractivity contribution is 7.89. The molecule has 3 aromatic rings. The van der Waals surface area contributed by atoms with E-state index in [0.717, 1.165) is 29.1 Å². The highest BCUT2D eigenvalue weighted by atomic mass is 35.5. The number of amides is 1. The molecule has 0 aromatic heterocycles. The summed E-state index contributed by atoms with van der Waals surface area (Å²) in [4.78, 5) is 24.4. The van der Waals surface area contributed by atoms with Crippen molar-refractivity contribution in [3.8, 4) is 5.75 Å². The summed E-state index contributed by atoms with van der Waals surface area (Å²) in [7, 11) is -4.24. The van der Waals surface area contributed by atoms with Crippen molar-refractivity contribution in [1.29, 1.82) is 0 Å². The van der Waals surface area contributed by atoms with Crippen LogP contribution in [0, 0.1) is 0 Å². The lowest BCUT2D eigenvalue weighted by molar-refractivity contribution is -0.137. The molecule has 0 fully saturated rings.